The van der Waals surface area contributed by atoms with Gasteiger partial charge in [-0.3, -0.25) is 0 Å². The molecule has 0 aliphatic heterocycles. The molecular weight excluding hydrogens is 312 g/mol. The van der Waals surface area contributed by atoms with E-state index in [1.807, 2.05) is 0 Å². The van der Waals surface area contributed by atoms with E-state index in [1.54, 1.807) is 18.2 Å². The zero-order valence-corrected chi connectivity index (χ0v) is 12.2. The van der Waals surface area contributed by atoms with Gasteiger partial charge in [-0.25, -0.2) is 0 Å². The Bertz CT molecular complexity index is 480. The highest BCUT2D eigenvalue weighted by atomic mass is 35.5. The fourth-order valence-electron chi connectivity index (χ4n) is 2.70. The Labute approximate surface area is 125 Å². The molecule has 1 nitrogen and oxygen atoms in total. The van der Waals surface area contributed by atoms with Crippen molar-refractivity contribution in [3.63, 3.8) is 0 Å². The first kappa shape index (κ1) is 15.9. The molecule has 6 heteroatoms. The number of aliphatic hydroxyl groups is 1. The number of halogens is 5. The molecule has 1 aliphatic carbocycles. The molecule has 0 heterocycles. The Morgan fingerprint density at radius 3 is 2.35 bits per heavy atom. The second kappa shape index (κ2) is 5.74. The molecule has 0 unspecified atom stereocenters. The molecule has 0 amide bonds. The molecule has 1 N–H and O–H groups in total. The van der Waals surface area contributed by atoms with Gasteiger partial charge in [0.25, 0.3) is 0 Å². The van der Waals surface area contributed by atoms with Crippen LogP contribution in [0.2, 0.25) is 10.0 Å². The summed E-state index contributed by atoms with van der Waals surface area (Å²) < 4.78 is 37.9. The van der Waals surface area contributed by atoms with Crippen molar-refractivity contribution in [1.29, 1.82) is 0 Å². The molecule has 0 spiro atoms. The van der Waals surface area contributed by atoms with Gasteiger partial charge in [0, 0.05) is 6.42 Å². The zero-order valence-electron chi connectivity index (χ0n) is 10.7. The zero-order chi connectivity index (χ0) is 15.0. The lowest BCUT2D eigenvalue weighted by Gasteiger charge is -2.37. The van der Waals surface area contributed by atoms with Crippen LogP contribution in [0.3, 0.4) is 0 Å². The van der Waals surface area contributed by atoms with Crippen LogP contribution in [-0.2, 0) is 6.42 Å². The van der Waals surface area contributed by atoms with Crippen LogP contribution < -0.4 is 0 Å². The van der Waals surface area contributed by atoms with Crippen molar-refractivity contribution < 1.29 is 18.3 Å². The number of alkyl halides is 3. The Morgan fingerprint density at radius 1 is 1.20 bits per heavy atom. The SMILES string of the molecule is OC1(Cc2cccc(Cl)c2Cl)CCC(C(F)(F)F)CC1. The predicted octanol–water partition coefficient (Wildman–Crippen LogP) is 5.02. The lowest BCUT2D eigenvalue weighted by molar-refractivity contribution is -0.192. The van der Waals surface area contributed by atoms with Crippen LogP contribution in [0, 0.1) is 5.92 Å². The quantitative estimate of drug-likeness (QED) is 0.809. The highest BCUT2D eigenvalue weighted by Crippen LogP contribution is 2.43. The fraction of sp³-hybridized carbons (Fsp3) is 0.571. The predicted molar refractivity (Wildman–Crippen MR) is 73.1 cm³/mol. The van der Waals surface area contributed by atoms with Gasteiger partial charge in [-0.2, -0.15) is 13.2 Å². The van der Waals surface area contributed by atoms with Gasteiger partial charge in [0.15, 0.2) is 0 Å². The maximum atomic E-state index is 12.6. The molecule has 0 aromatic heterocycles. The van der Waals surface area contributed by atoms with Gasteiger partial charge in [-0.15, -0.1) is 0 Å². The topological polar surface area (TPSA) is 20.2 Å². The molecule has 112 valence electrons. The van der Waals surface area contributed by atoms with Gasteiger partial charge in [0.05, 0.1) is 21.6 Å². The normalized spacial score (nSPS) is 27.6. The first-order valence-corrected chi connectivity index (χ1v) is 7.19. The third-order valence-electron chi connectivity index (χ3n) is 3.93. The van der Waals surface area contributed by atoms with Crippen LogP contribution >= 0.6 is 23.2 Å². The van der Waals surface area contributed by atoms with Crippen LogP contribution in [0.15, 0.2) is 18.2 Å². The smallest absolute Gasteiger partial charge is 0.390 e. The summed E-state index contributed by atoms with van der Waals surface area (Å²) in [6, 6.07) is 5.09. The minimum Gasteiger partial charge on any atom is -0.390 e. The number of rotatable bonds is 2. The first-order chi connectivity index (χ1) is 9.21. The minimum atomic E-state index is -4.17. The fourth-order valence-corrected chi connectivity index (χ4v) is 3.09. The Kier molecular flexibility index (Phi) is 4.57. The molecule has 1 fully saturated rings. The van der Waals surface area contributed by atoms with Crippen molar-refractivity contribution in [2.24, 2.45) is 5.92 Å². The Hall–Kier alpha value is -0.450. The van der Waals surface area contributed by atoms with Crippen molar-refractivity contribution >= 4 is 23.2 Å². The van der Waals surface area contributed by atoms with E-state index in [0.29, 0.717) is 15.6 Å². The van der Waals surface area contributed by atoms with Crippen LogP contribution in [0.4, 0.5) is 13.2 Å². The highest BCUT2D eigenvalue weighted by Gasteiger charge is 2.45. The second-order valence-electron chi connectivity index (χ2n) is 5.43. The van der Waals surface area contributed by atoms with Gasteiger partial charge in [-0.1, -0.05) is 35.3 Å². The summed E-state index contributed by atoms with van der Waals surface area (Å²) in [6.07, 6.45) is -3.78. The third kappa shape index (κ3) is 3.60. The summed E-state index contributed by atoms with van der Waals surface area (Å²) in [6.45, 7) is 0. The Morgan fingerprint density at radius 2 is 1.80 bits per heavy atom. The lowest BCUT2D eigenvalue weighted by Crippen LogP contribution is -2.39. The van der Waals surface area contributed by atoms with E-state index < -0.39 is 17.7 Å². The third-order valence-corrected chi connectivity index (χ3v) is 4.79. The van der Waals surface area contributed by atoms with Gasteiger partial charge < -0.3 is 5.11 Å². The summed E-state index contributed by atoms with van der Waals surface area (Å²) in [5, 5.41) is 11.2. The largest absolute Gasteiger partial charge is 0.391 e. The Balaban J connectivity index is 2.05. The van der Waals surface area contributed by atoms with Gasteiger partial charge >= 0.3 is 6.18 Å². The van der Waals surface area contributed by atoms with Gasteiger partial charge in [-0.05, 0) is 37.3 Å². The number of hydrogen-bond donors (Lipinski definition) is 1. The molecule has 1 aliphatic rings. The van der Waals surface area contributed by atoms with Crippen molar-refractivity contribution in [2.75, 3.05) is 0 Å². The molecule has 1 saturated carbocycles. The van der Waals surface area contributed by atoms with Crippen LogP contribution in [-0.4, -0.2) is 16.9 Å². The van der Waals surface area contributed by atoms with Crippen LogP contribution in [0.25, 0.3) is 0 Å². The van der Waals surface area contributed by atoms with Gasteiger partial charge in [0.1, 0.15) is 0 Å². The molecule has 0 saturated heterocycles. The van der Waals surface area contributed by atoms with E-state index in [4.69, 9.17) is 23.2 Å². The molecule has 0 bridgehead atoms. The van der Waals surface area contributed by atoms with E-state index >= 15 is 0 Å². The molecular formula is C14H15Cl2F3O. The standard InChI is InChI=1S/C14H15Cl2F3O/c15-11-3-1-2-9(12(11)16)8-13(20)6-4-10(5-7-13)14(17,18)19/h1-3,10,20H,4-8H2. The first-order valence-electron chi connectivity index (χ1n) is 6.43. The molecule has 20 heavy (non-hydrogen) atoms. The van der Waals surface area contributed by atoms with Crippen molar-refractivity contribution in [1.82, 2.24) is 0 Å². The molecule has 1 aromatic carbocycles. The van der Waals surface area contributed by atoms with E-state index in [-0.39, 0.29) is 32.1 Å². The second-order valence-corrected chi connectivity index (χ2v) is 6.22. The van der Waals surface area contributed by atoms with Crippen molar-refractivity contribution in [2.45, 2.75) is 43.9 Å². The number of benzene rings is 1. The maximum Gasteiger partial charge on any atom is 0.391 e. The van der Waals surface area contributed by atoms with E-state index in [1.165, 1.54) is 0 Å². The number of hydrogen-bond acceptors (Lipinski definition) is 1. The van der Waals surface area contributed by atoms with Crippen LogP contribution in [0.5, 0.6) is 0 Å². The molecule has 0 atom stereocenters. The monoisotopic (exact) mass is 326 g/mol. The summed E-state index contributed by atoms with van der Waals surface area (Å²) in [5.41, 5.74) is -0.456. The van der Waals surface area contributed by atoms with Crippen molar-refractivity contribution in [3.05, 3.63) is 33.8 Å². The van der Waals surface area contributed by atoms with Crippen molar-refractivity contribution in [3.8, 4) is 0 Å². The summed E-state index contributed by atoms with van der Waals surface area (Å²) >= 11 is 12.0. The lowest BCUT2D eigenvalue weighted by atomic mass is 9.75. The summed E-state index contributed by atoms with van der Waals surface area (Å²) in [4.78, 5) is 0. The minimum absolute atomic E-state index is 0.0435. The van der Waals surface area contributed by atoms with E-state index in [0.717, 1.165) is 0 Å². The summed E-state index contributed by atoms with van der Waals surface area (Å²) in [5.74, 6) is -1.31. The van der Waals surface area contributed by atoms with Crippen LogP contribution in [0.1, 0.15) is 31.2 Å². The maximum absolute atomic E-state index is 12.6. The average molecular weight is 327 g/mol. The average Bonchev–Trinajstić information content (AvgIpc) is 2.34. The molecule has 2 rings (SSSR count). The molecule has 1 aromatic rings. The van der Waals surface area contributed by atoms with E-state index in [2.05, 4.69) is 0 Å². The van der Waals surface area contributed by atoms with Gasteiger partial charge in [0.2, 0.25) is 0 Å². The highest BCUT2D eigenvalue weighted by molar-refractivity contribution is 6.42. The molecule has 0 radical (unpaired) electrons. The van der Waals surface area contributed by atoms with E-state index in [9.17, 15) is 18.3 Å². The summed E-state index contributed by atoms with van der Waals surface area (Å²) in [7, 11) is 0.